The molecule has 0 saturated heterocycles. The van der Waals surface area contributed by atoms with E-state index in [1.807, 2.05) is 93.0 Å². The summed E-state index contributed by atoms with van der Waals surface area (Å²) in [5.41, 5.74) is 18.0. The summed E-state index contributed by atoms with van der Waals surface area (Å²) in [7, 11) is 8.16. The Labute approximate surface area is 418 Å². The van der Waals surface area contributed by atoms with Gasteiger partial charge < -0.3 is 19.4 Å². The normalized spacial score (nSPS) is 11.2. The molecule has 4 nitrogen and oxygen atoms in total. The van der Waals surface area contributed by atoms with Gasteiger partial charge in [-0.2, -0.15) is 78.7 Å². The number of benzene rings is 7. The van der Waals surface area contributed by atoms with Gasteiger partial charge in [0.15, 0.2) is 0 Å². The molecule has 0 atom stereocenters. The molecular formula is C56H50N4Y2-4. The maximum absolute atomic E-state index is 4.25. The molecule has 62 heavy (non-hydrogen) atoms. The van der Waals surface area contributed by atoms with E-state index in [1.165, 1.54) is 66.6 Å². The van der Waals surface area contributed by atoms with Crippen LogP contribution in [0.1, 0.15) is 39.1 Å². The third-order valence-electron chi connectivity index (χ3n) is 11.5. The fraction of sp³-hybridized carbons (Fsp3) is 0.125. The molecule has 2 heterocycles. The summed E-state index contributed by atoms with van der Waals surface area (Å²) in [4.78, 5) is 2.09. The first-order valence-electron chi connectivity index (χ1n) is 20.5. The summed E-state index contributed by atoms with van der Waals surface area (Å²) in [6.07, 6.45) is 7.52. The van der Waals surface area contributed by atoms with Crippen molar-refractivity contribution in [3.63, 3.8) is 0 Å². The first-order chi connectivity index (χ1) is 29.4. The van der Waals surface area contributed by atoms with Crippen LogP contribution in [0, 0.1) is 19.1 Å². The van der Waals surface area contributed by atoms with E-state index in [0.29, 0.717) is 0 Å². The number of rotatable bonds is 5. The standard InChI is InChI=1S/C16H13N.2C14H13N.C12H11N.2Y/c1-17-15-9-5-4-8-13(15)14-10-11-6-2-3-7-12(11)16(14)17;1-12-8-6-7-11-14(12)15(2)13-9-4-3-5-10-13;1-15-14-10-6-5-9-13(14)11-12-7-3-2-4-8-12;1-13-11-7-3-2-5-9(11)10-6-4-8-12(10)13;;/h2-9H,10H2,1H3;3-9,11H,1H2,2H3;2-7,9-10H,11H2,1H3;2-5,7-8H,6H2,1H3;;/q;2*-2;;;. The summed E-state index contributed by atoms with van der Waals surface area (Å²) < 4.78 is 4.60. The third-order valence-corrected chi connectivity index (χ3v) is 11.5. The summed E-state index contributed by atoms with van der Waals surface area (Å²) in [6.45, 7) is 4.01. The maximum atomic E-state index is 4.25. The van der Waals surface area contributed by atoms with Crippen molar-refractivity contribution in [2.75, 3.05) is 19.0 Å². The zero-order valence-electron chi connectivity index (χ0n) is 36.1. The van der Waals surface area contributed by atoms with Gasteiger partial charge in [-0.15, -0.1) is 24.9 Å². The van der Waals surface area contributed by atoms with E-state index in [1.54, 1.807) is 0 Å². The Morgan fingerprint density at radius 3 is 1.97 bits per heavy atom. The Kier molecular flexibility index (Phi) is 16.4. The largest absolute Gasteiger partial charge is 0.687 e. The third kappa shape index (κ3) is 10.1. The molecule has 2 aliphatic rings. The van der Waals surface area contributed by atoms with Crippen molar-refractivity contribution in [2.45, 2.75) is 19.3 Å². The zero-order valence-corrected chi connectivity index (χ0v) is 41.8. The van der Waals surface area contributed by atoms with Crippen LogP contribution >= 0.6 is 0 Å². The van der Waals surface area contributed by atoms with Gasteiger partial charge >= 0.3 is 0 Å². The van der Waals surface area contributed by atoms with E-state index >= 15 is 0 Å². The fourth-order valence-corrected chi connectivity index (χ4v) is 8.48. The van der Waals surface area contributed by atoms with E-state index in [-0.39, 0.29) is 65.4 Å². The molecule has 0 aliphatic heterocycles. The molecule has 0 saturated carbocycles. The topological polar surface area (TPSA) is 27.2 Å². The van der Waals surface area contributed by atoms with Gasteiger partial charge in [-0.25, -0.2) is 0 Å². The van der Waals surface area contributed by atoms with E-state index in [0.717, 1.165) is 41.9 Å². The molecule has 0 bridgehead atoms. The van der Waals surface area contributed by atoms with Crippen molar-refractivity contribution in [3.8, 4) is 11.3 Å². The van der Waals surface area contributed by atoms with Crippen LogP contribution < -0.4 is 4.90 Å². The molecule has 6 heteroatoms. The number of hydrogen-bond acceptors (Lipinski definition) is 1. The van der Waals surface area contributed by atoms with Crippen molar-refractivity contribution in [1.29, 1.82) is 0 Å². The minimum Gasteiger partial charge on any atom is -0.687 e. The molecule has 0 unspecified atom stereocenters. The Balaban J connectivity index is 0.000000137. The summed E-state index contributed by atoms with van der Waals surface area (Å²) in [6, 6.07) is 64.7. The molecule has 2 radical (unpaired) electrons. The molecule has 0 N–H and O–H groups in total. The molecule has 7 aromatic carbocycles. The molecule has 0 fully saturated rings. The molecular weight excluding hydrogens is 906 g/mol. The Bertz CT molecular complexity index is 2890. The first kappa shape index (κ1) is 46.5. The first-order valence-corrected chi connectivity index (χ1v) is 20.5. The van der Waals surface area contributed by atoms with Gasteiger partial charge in [-0.3, -0.25) is 0 Å². The van der Waals surface area contributed by atoms with Crippen LogP contribution in [0.15, 0.2) is 176 Å². The van der Waals surface area contributed by atoms with Gasteiger partial charge in [0.25, 0.3) is 0 Å². The van der Waals surface area contributed by atoms with E-state index in [2.05, 4.69) is 156 Å². The molecule has 0 amide bonds. The Morgan fingerprint density at radius 1 is 0.645 bits per heavy atom. The van der Waals surface area contributed by atoms with Gasteiger partial charge in [-0.05, 0) is 54.8 Å². The Hall–Kier alpha value is -4.96. The monoisotopic (exact) mass is 956 g/mol. The molecule has 304 valence electrons. The summed E-state index contributed by atoms with van der Waals surface area (Å²) >= 11 is 0. The van der Waals surface area contributed by atoms with Crippen LogP contribution in [0.5, 0.6) is 0 Å². The second-order valence-corrected chi connectivity index (χ2v) is 15.1. The number of para-hydroxylation sites is 5. The van der Waals surface area contributed by atoms with Crippen molar-refractivity contribution >= 4 is 44.9 Å². The van der Waals surface area contributed by atoms with E-state index in [9.17, 15) is 0 Å². The minimum atomic E-state index is 0. The van der Waals surface area contributed by atoms with Crippen LogP contribution in [-0.2, 0) is 98.8 Å². The number of aryl methyl sites for hydroxylation is 2. The van der Waals surface area contributed by atoms with Gasteiger partial charge in [0.2, 0.25) is 0 Å². The fourth-order valence-electron chi connectivity index (χ4n) is 8.48. The predicted octanol–water partition coefficient (Wildman–Crippen LogP) is 13.6. The average molecular weight is 957 g/mol. The van der Waals surface area contributed by atoms with Crippen LogP contribution in [0.3, 0.4) is 0 Å². The molecule has 11 rings (SSSR count). The van der Waals surface area contributed by atoms with Gasteiger partial charge in [0.1, 0.15) is 0 Å². The number of allylic oxidation sites excluding steroid dienone is 1. The summed E-state index contributed by atoms with van der Waals surface area (Å²) in [5.74, 6) is 0. The molecule has 0 spiro atoms. The van der Waals surface area contributed by atoms with Crippen molar-refractivity contribution in [1.82, 2.24) is 9.13 Å². The SMILES string of the molecule is C[N-]c1ccccc1Cc1[c-]cccc1.Cn1c2c(c3ccccc31)CC=C2.Cn1c2c(c3ccccc31)Cc1ccccc1-2.[CH2-]c1ccccc1N(C)c1[c-]cccc1.[Y].[Y]. The summed E-state index contributed by atoms with van der Waals surface area (Å²) in [5, 5.41) is 7.06. The van der Waals surface area contributed by atoms with Crippen molar-refractivity contribution in [3.05, 3.63) is 239 Å². The predicted molar refractivity (Wildman–Crippen MR) is 255 cm³/mol. The Morgan fingerprint density at radius 2 is 1.26 bits per heavy atom. The minimum absolute atomic E-state index is 0. The van der Waals surface area contributed by atoms with Gasteiger partial charge in [0, 0.05) is 119 Å². The zero-order chi connectivity index (χ0) is 41.4. The van der Waals surface area contributed by atoms with Crippen molar-refractivity contribution in [2.24, 2.45) is 14.1 Å². The van der Waals surface area contributed by atoms with Crippen LogP contribution in [-0.4, -0.2) is 23.2 Å². The number of nitrogens with zero attached hydrogens (tertiary/aromatic N) is 4. The molecule has 9 aromatic rings. The molecule has 2 aromatic heterocycles. The smallest absolute Gasteiger partial charge is 0.0527 e. The number of hydrogen-bond donors (Lipinski definition) is 0. The number of aromatic nitrogens is 2. The van der Waals surface area contributed by atoms with E-state index in [4.69, 9.17) is 0 Å². The second kappa shape index (κ2) is 21.9. The quantitative estimate of drug-likeness (QED) is 0.158. The number of anilines is 2. The van der Waals surface area contributed by atoms with Crippen LogP contribution in [0.2, 0.25) is 0 Å². The van der Waals surface area contributed by atoms with Crippen molar-refractivity contribution < 1.29 is 65.4 Å². The average Bonchev–Trinajstić information content (AvgIpc) is 4.07. The second-order valence-electron chi connectivity index (χ2n) is 15.1. The number of fused-ring (bicyclic) bond motifs is 8. The van der Waals surface area contributed by atoms with Gasteiger partial charge in [0.05, 0.1) is 5.69 Å². The maximum Gasteiger partial charge on any atom is 0.0527 e. The molecule has 2 aliphatic carbocycles. The van der Waals surface area contributed by atoms with E-state index < -0.39 is 0 Å². The van der Waals surface area contributed by atoms with Crippen LogP contribution in [0.4, 0.5) is 17.1 Å². The van der Waals surface area contributed by atoms with Crippen LogP contribution in [0.25, 0.3) is 44.5 Å². The van der Waals surface area contributed by atoms with Gasteiger partial charge in [-0.1, -0.05) is 120 Å².